The highest BCUT2D eigenvalue weighted by Gasteiger charge is 2.12. The van der Waals surface area contributed by atoms with E-state index < -0.39 is 0 Å². The van der Waals surface area contributed by atoms with Crippen molar-refractivity contribution in [3.05, 3.63) is 58.0 Å². The molecule has 0 radical (unpaired) electrons. The topological polar surface area (TPSA) is 54.5 Å². The molecule has 0 saturated carbocycles. The lowest BCUT2D eigenvalue weighted by Crippen LogP contribution is -2.04. The normalized spacial score (nSPS) is 10.7. The molecule has 0 bridgehead atoms. The molecule has 0 spiro atoms. The zero-order valence-corrected chi connectivity index (χ0v) is 13.3. The third-order valence-electron chi connectivity index (χ3n) is 3.17. The van der Waals surface area contributed by atoms with Gasteiger partial charge in [-0.2, -0.15) is 5.26 Å². The highest BCUT2D eigenvalue weighted by Crippen LogP contribution is 2.20. The van der Waals surface area contributed by atoms with Gasteiger partial charge in [-0.05, 0) is 39.7 Å². The molecule has 0 fully saturated rings. The van der Waals surface area contributed by atoms with Gasteiger partial charge in [-0.1, -0.05) is 12.1 Å². The zero-order valence-electron chi connectivity index (χ0n) is 10.9. The van der Waals surface area contributed by atoms with Crippen molar-refractivity contribution in [3.63, 3.8) is 0 Å². The minimum Gasteiger partial charge on any atom is -0.307 e. The van der Waals surface area contributed by atoms with Gasteiger partial charge in [0.2, 0.25) is 0 Å². The lowest BCUT2D eigenvalue weighted by molar-refractivity contribution is 0.770. The molecule has 6 heteroatoms. The largest absolute Gasteiger partial charge is 0.307 e. The maximum Gasteiger partial charge on any atom is 0.160 e. The van der Waals surface area contributed by atoms with Crippen molar-refractivity contribution in [3.8, 4) is 6.07 Å². The van der Waals surface area contributed by atoms with E-state index in [0.717, 1.165) is 27.0 Å². The summed E-state index contributed by atoms with van der Waals surface area (Å²) in [4.78, 5) is 8.93. The summed E-state index contributed by atoms with van der Waals surface area (Å²) in [6.45, 7) is 0.624. The summed E-state index contributed by atoms with van der Waals surface area (Å²) in [5, 5.41) is 8.84. The molecule has 0 unspecified atom stereocenters. The molecular weight excluding hydrogens is 352 g/mol. The fourth-order valence-electron chi connectivity index (χ4n) is 2.17. The molecule has 2 heterocycles. The van der Waals surface area contributed by atoms with E-state index in [9.17, 15) is 0 Å². The molecule has 2 aromatic heterocycles. The first kappa shape index (κ1) is 14.1. The molecule has 4 nitrogen and oxygen atoms in total. The van der Waals surface area contributed by atoms with Gasteiger partial charge in [-0.15, -0.1) is 11.6 Å². The Morgan fingerprint density at radius 1 is 1.29 bits per heavy atom. The summed E-state index contributed by atoms with van der Waals surface area (Å²) in [6, 6.07) is 11.5. The first-order valence-electron chi connectivity index (χ1n) is 6.27. The Morgan fingerprint density at radius 2 is 2.05 bits per heavy atom. The molecule has 0 aliphatic heterocycles. The number of benzene rings is 1. The van der Waals surface area contributed by atoms with E-state index in [2.05, 4.69) is 32.0 Å². The fraction of sp³-hybridized carbons (Fsp3) is 0.133. The first-order chi connectivity index (χ1) is 10.2. The van der Waals surface area contributed by atoms with Crippen molar-refractivity contribution >= 4 is 38.7 Å². The number of nitrogens with zero attached hydrogens (tertiary/aromatic N) is 4. The van der Waals surface area contributed by atoms with Crippen LogP contribution in [0.2, 0.25) is 0 Å². The van der Waals surface area contributed by atoms with Crippen molar-refractivity contribution in [2.24, 2.45) is 0 Å². The van der Waals surface area contributed by atoms with Crippen LogP contribution >= 0.6 is 27.5 Å². The molecular formula is C15H10BrClN4. The van der Waals surface area contributed by atoms with Gasteiger partial charge in [0.25, 0.3) is 0 Å². The Bertz CT molecular complexity index is 833. The van der Waals surface area contributed by atoms with E-state index in [4.69, 9.17) is 16.9 Å². The van der Waals surface area contributed by atoms with Gasteiger partial charge in [-0.3, -0.25) is 0 Å². The van der Waals surface area contributed by atoms with Crippen LogP contribution in [0.4, 0.5) is 0 Å². The van der Waals surface area contributed by atoms with Crippen LogP contribution in [-0.4, -0.2) is 14.5 Å². The molecule has 0 amide bonds. The number of fused-ring (bicyclic) bond motifs is 1. The van der Waals surface area contributed by atoms with E-state index in [1.54, 1.807) is 18.3 Å². The fourth-order valence-corrected chi connectivity index (χ4v) is 2.69. The third kappa shape index (κ3) is 2.78. The number of hydrogen-bond donors (Lipinski definition) is 0. The molecule has 0 N–H and O–H groups in total. The van der Waals surface area contributed by atoms with Crippen LogP contribution < -0.4 is 0 Å². The summed E-state index contributed by atoms with van der Waals surface area (Å²) < 4.78 is 2.88. The second-order valence-electron chi connectivity index (χ2n) is 4.55. The quantitative estimate of drug-likeness (QED) is 0.666. The molecule has 0 saturated heterocycles. The van der Waals surface area contributed by atoms with Crippen LogP contribution in [0.25, 0.3) is 11.2 Å². The van der Waals surface area contributed by atoms with Gasteiger partial charge < -0.3 is 4.57 Å². The molecule has 3 rings (SSSR count). The Balaban J connectivity index is 2.04. The second-order valence-corrected chi connectivity index (χ2v) is 5.74. The Labute approximate surface area is 135 Å². The summed E-state index contributed by atoms with van der Waals surface area (Å²) in [5.74, 6) is 1.10. The number of halogens is 2. The zero-order chi connectivity index (χ0) is 14.8. The van der Waals surface area contributed by atoms with Crippen molar-refractivity contribution < 1.29 is 0 Å². The summed E-state index contributed by atoms with van der Waals surface area (Å²) in [6.07, 6.45) is 1.75. The van der Waals surface area contributed by atoms with Gasteiger partial charge in [-0.25, -0.2) is 9.97 Å². The Kier molecular flexibility index (Phi) is 3.91. The highest BCUT2D eigenvalue weighted by atomic mass is 79.9. The Hall–Kier alpha value is -1.90. The van der Waals surface area contributed by atoms with Crippen LogP contribution in [0, 0.1) is 11.3 Å². The average Bonchev–Trinajstić information content (AvgIpc) is 2.85. The van der Waals surface area contributed by atoms with Crippen LogP contribution in [0.15, 0.2) is 41.0 Å². The van der Waals surface area contributed by atoms with Crippen molar-refractivity contribution in [1.82, 2.24) is 14.5 Å². The standard InChI is InChI=1S/C15H10BrClN4/c16-12-5-13-15(19-8-12)21(14(6-17)20-13)9-11-3-1-10(7-18)2-4-11/h1-5,8H,6,9H2. The average molecular weight is 362 g/mol. The van der Waals surface area contributed by atoms with E-state index in [-0.39, 0.29) is 0 Å². The maximum absolute atomic E-state index is 8.84. The lowest BCUT2D eigenvalue weighted by atomic mass is 10.1. The minimum absolute atomic E-state index is 0.324. The number of hydrogen-bond acceptors (Lipinski definition) is 3. The number of imidazole rings is 1. The van der Waals surface area contributed by atoms with Crippen molar-refractivity contribution in [2.75, 3.05) is 0 Å². The van der Waals surface area contributed by atoms with Gasteiger partial charge >= 0.3 is 0 Å². The van der Waals surface area contributed by atoms with Gasteiger partial charge in [0, 0.05) is 10.7 Å². The minimum atomic E-state index is 0.324. The van der Waals surface area contributed by atoms with Crippen LogP contribution in [0.3, 0.4) is 0 Å². The lowest BCUT2D eigenvalue weighted by Gasteiger charge is -2.07. The van der Waals surface area contributed by atoms with E-state index in [0.29, 0.717) is 18.0 Å². The van der Waals surface area contributed by atoms with E-state index in [1.807, 2.05) is 22.8 Å². The van der Waals surface area contributed by atoms with Crippen molar-refractivity contribution in [2.45, 2.75) is 12.4 Å². The van der Waals surface area contributed by atoms with Crippen LogP contribution in [0.1, 0.15) is 17.0 Å². The van der Waals surface area contributed by atoms with Gasteiger partial charge in [0.05, 0.1) is 24.1 Å². The van der Waals surface area contributed by atoms with Gasteiger partial charge in [0.15, 0.2) is 5.65 Å². The summed E-state index contributed by atoms with van der Waals surface area (Å²) >= 11 is 9.39. The number of pyridine rings is 1. The molecule has 3 aromatic rings. The van der Waals surface area contributed by atoms with E-state index in [1.165, 1.54) is 0 Å². The summed E-state index contributed by atoms with van der Waals surface area (Å²) in [7, 11) is 0. The van der Waals surface area contributed by atoms with E-state index >= 15 is 0 Å². The number of alkyl halides is 1. The van der Waals surface area contributed by atoms with Crippen LogP contribution in [-0.2, 0) is 12.4 Å². The monoisotopic (exact) mass is 360 g/mol. The number of rotatable bonds is 3. The first-order valence-corrected chi connectivity index (χ1v) is 7.59. The van der Waals surface area contributed by atoms with Crippen LogP contribution in [0.5, 0.6) is 0 Å². The number of aromatic nitrogens is 3. The summed E-state index contributed by atoms with van der Waals surface area (Å²) in [5.41, 5.74) is 3.34. The molecule has 0 aliphatic rings. The number of nitriles is 1. The molecule has 21 heavy (non-hydrogen) atoms. The smallest absolute Gasteiger partial charge is 0.160 e. The maximum atomic E-state index is 8.84. The predicted octanol–water partition coefficient (Wildman–Crippen LogP) is 3.85. The van der Waals surface area contributed by atoms with Crippen molar-refractivity contribution in [1.29, 1.82) is 5.26 Å². The third-order valence-corrected chi connectivity index (χ3v) is 3.85. The molecule has 0 atom stereocenters. The Morgan fingerprint density at radius 3 is 2.71 bits per heavy atom. The second kappa shape index (κ2) is 5.84. The van der Waals surface area contributed by atoms with Gasteiger partial charge in [0.1, 0.15) is 11.3 Å². The highest BCUT2D eigenvalue weighted by molar-refractivity contribution is 9.10. The molecule has 0 aliphatic carbocycles. The SMILES string of the molecule is N#Cc1ccc(Cn2c(CCl)nc3cc(Br)cnc32)cc1. The predicted molar refractivity (Wildman–Crippen MR) is 85.0 cm³/mol. The molecule has 1 aromatic carbocycles. The molecule has 104 valence electrons.